The molecule has 100 valence electrons. The Kier molecular flexibility index (Phi) is 3.96. The maximum atomic E-state index is 5.69. The molecule has 1 aliphatic rings. The highest BCUT2D eigenvalue weighted by atomic mass is 127. The van der Waals surface area contributed by atoms with Crippen molar-refractivity contribution in [1.82, 2.24) is 4.98 Å². The molecule has 1 aliphatic carbocycles. The molecule has 1 aromatic heterocycles. The second-order valence-electron chi connectivity index (χ2n) is 5.00. The number of fused-ring (bicyclic) bond motifs is 1. The molecule has 1 fully saturated rings. The fourth-order valence-corrected chi connectivity index (χ4v) is 4.42. The molecule has 1 saturated carbocycles. The van der Waals surface area contributed by atoms with Gasteiger partial charge in [0.05, 0.1) is 11.2 Å². The van der Waals surface area contributed by atoms with Crippen molar-refractivity contribution in [2.24, 2.45) is 5.84 Å². The van der Waals surface area contributed by atoms with Crippen LogP contribution in [0.25, 0.3) is 10.9 Å². The fourth-order valence-electron chi connectivity index (χ4n) is 2.82. The van der Waals surface area contributed by atoms with Gasteiger partial charge in [-0.15, -0.1) is 0 Å². The molecule has 3 N–H and O–H groups in total. The molecule has 0 spiro atoms. The highest BCUT2D eigenvalue weighted by molar-refractivity contribution is 14.1. The number of anilines is 1. The van der Waals surface area contributed by atoms with Crippen LogP contribution in [0.3, 0.4) is 0 Å². The summed E-state index contributed by atoms with van der Waals surface area (Å²) in [4.78, 5) is 4.86. The van der Waals surface area contributed by atoms with Gasteiger partial charge in [0.25, 0.3) is 0 Å². The van der Waals surface area contributed by atoms with Gasteiger partial charge in [-0.1, -0.05) is 12.8 Å². The van der Waals surface area contributed by atoms with Gasteiger partial charge in [-0.3, -0.25) is 10.8 Å². The molecule has 0 unspecified atom stereocenters. The number of halogens is 2. The van der Waals surface area contributed by atoms with Crippen molar-refractivity contribution in [3.05, 3.63) is 31.9 Å². The van der Waals surface area contributed by atoms with Crippen LogP contribution in [0.5, 0.6) is 0 Å². The Balaban J connectivity index is 2.21. The number of hydrogen-bond donors (Lipinski definition) is 2. The first-order valence-corrected chi connectivity index (χ1v) is 8.32. The SMILES string of the molecule is NNc1cc(C2CCCC2)nc2c(Br)cc(I)cc12. The van der Waals surface area contributed by atoms with E-state index in [-0.39, 0.29) is 0 Å². The second-order valence-corrected chi connectivity index (χ2v) is 7.10. The molecule has 1 heterocycles. The van der Waals surface area contributed by atoms with E-state index in [4.69, 9.17) is 10.8 Å². The van der Waals surface area contributed by atoms with Crippen LogP contribution in [0, 0.1) is 3.57 Å². The second kappa shape index (κ2) is 5.54. The number of nitrogen functional groups attached to an aromatic ring is 1. The summed E-state index contributed by atoms with van der Waals surface area (Å²) in [7, 11) is 0. The third-order valence-electron chi connectivity index (χ3n) is 3.78. The van der Waals surface area contributed by atoms with Crippen LogP contribution < -0.4 is 11.3 Å². The summed E-state index contributed by atoms with van der Waals surface area (Å²) in [6.07, 6.45) is 5.10. The van der Waals surface area contributed by atoms with Crippen molar-refractivity contribution in [3.63, 3.8) is 0 Å². The molecule has 0 radical (unpaired) electrons. The van der Waals surface area contributed by atoms with Crippen LogP contribution in [0.1, 0.15) is 37.3 Å². The Labute approximate surface area is 134 Å². The van der Waals surface area contributed by atoms with Gasteiger partial charge in [0.2, 0.25) is 0 Å². The van der Waals surface area contributed by atoms with Crippen LogP contribution in [0.4, 0.5) is 5.69 Å². The van der Waals surface area contributed by atoms with E-state index < -0.39 is 0 Å². The van der Waals surface area contributed by atoms with E-state index in [1.165, 1.54) is 34.9 Å². The van der Waals surface area contributed by atoms with Crippen LogP contribution in [0.2, 0.25) is 0 Å². The molecule has 2 aromatic rings. The predicted molar refractivity (Wildman–Crippen MR) is 91.2 cm³/mol. The lowest BCUT2D eigenvalue weighted by atomic mass is 10.0. The van der Waals surface area contributed by atoms with Gasteiger partial charge < -0.3 is 5.43 Å². The molecule has 0 aliphatic heterocycles. The summed E-state index contributed by atoms with van der Waals surface area (Å²) in [6.45, 7) is 0. The van der Waals surface area contributed by atoms with E-state index >= 15 is 0 Å². The van der Waals surface area contributed by atoms with Gasteiger partial charge in [-0.05, 0) is 69.6 Å². The molecule has 0 atom stereocenters. The monoisotopic (exact) mass is 431 g/mol. The third-order valence-corrected chi connectivity index (χ3v) is 5.01. The minimum absolute atomic E-state index is 0.586. The summed E-state index contributed by atoms with van der Waals surface area (Å²) in [5.41, 5.74) is 5.95. The number of rotatable bonds is 2. The van der Waals surface area contributed by atoms with Crippen molar-refractivity contribution < 1.29 is 0 Å². The van der Waals surface area contributed by atoms with E-state index in [1.807, 2.05) is 0 Å². The summed E-state index contributed by atoms with van der Waals surface area (Å²) < 4.78 is 2.20. The van der Waals surface area contributed by atoms with E-state index in [9.17, 15) is 0 Å². The van der Waals surface area contributed by atoms with Crippen molar-refractivity contribution in [2.45, 2.75) is 31.6 Å². The fraction of sp³-hybridized carbons (Fsp3) is 0.357. The summed E-state index contributed by atoms with van der Waals surface area (Å²) in [5, 5.41) is 1.07. The molecular formula is C14H15BrIN3. The first kappa shape index (κ1) is 13.6. The molecule has 0 saturated heterocycles. The Hall–Kier alpha value is -0.400. The Morgan fingerprint density at radius 2 is 2.00 bits per heavy atom. The average Bonchev–Trinajstić information content (AvgIpc) is 2.91. The quantitative estimate of drug-likeness (QED) is 0.416. The number of nitrogens with one attached hydrogen (secondary N) is 1. The standard InChI is InChI=1S/C14H15BrIN3/c15-11-6-9(16)5-10-13(19-17)7-12(18-14(10)11)8-3-1-2-4-8/h5-8H,1-4,17H2,(H,18,19). The summed E-state index contributed by atoms with van der Waals surface area (Å²) >= 11 is 5.92. The van der Waals surface area contributed by atoms with Crippen LogP contribution in [-0.4, -0.2) is 4.98 Å². The molecule has 3 rings (SSSR count). The van der Waals surface area contributed by atoms with Gasteiger partial charge >= 0.3 is 0 Å². The number of hydrazine groups is 1. The van der Waals surface area contributed by atoms with Crippen LogP contribution in [0.15, 0.2) is 22.7 Å². The van der Waals surface area contributed by atoms with Crippen molar-refractivity contribution in [2.75, 3.05) is 5.43 Å². The largest absolute Gasteiger partial charge is 0.323 e. The Morgan fingerprint density at radius 1 is 1.26 bits per heavy atom. The molecule has 19 heavy (non-hydrogen) atoms. The number of benzene rings is 1. The molecule has 3 nitrogen and oxygen atoms in total. The summed E-state index contributed by atoms with van der Waals surface area (Å²) in [5.74, 6) is 6.27. The van der Waals surface area contributed by atoms with Crippen molar-refractivity contribution in [3.8, 4) is 0 Å². The van der Waals surface area contributed by atoms with Crippen molar-refractivity contribution >= 4 is 55.1 Å². The average molecular weight is 432 g/mol. The molecule has 1 aromatic carbocycles. The van der Waals surface area contributed by atoms with Crippen LogP contribution in [-0.2, 0) is 0 Å². The lowest BCUT2D eigenvalue weighted by Crippen LogP contribution is -2.09. The molecule has 5 heteroatoms. The topological polar surface area (TPSA) is 50.9 Å². The smallest absolute Gasteiger partial charge is 0.0869 e. The zero-order valence-corrected chi connectivity index (χ0v) is 14.2. The minimum atomic E-state index is 0.586. The molecular weight excluding hydrogens is 417 g/mol. The maximum absolute atomic E-state index is 5.69. The van der Waals surface area contributed by atoms with Gasteiger partial charge in [0.15, 0.2) is 0 Å². The van der Waals surface area contributed by atoms with E-state index in [1.54, 1.807) is 0 Å². The normalized spacial score (nSPS) is 16.2. The number of hydrogen-bond acceptors (Lipinski definition) is 3. The predicted octanol–water partition coefficient (Wildman–Crippen LogP) is 4.55. The van der Waals surface area contributed by atoms with Crippen molar-refractivity contribution in [1.29, 1.82) is 0 Å². The van der Waals surface area contributed by atoms with E-state index in [0.717, 1.165) is 21.1 Å². The minimum Gasteiger partial charge on any atom is -0.323 e. The first-order valence-electron chi connectivity index (χ1n) is 6.45. The van der Waals surface area contributed by atoms with Gasteiger partial charge in [-0.2, -0.15) is 0 Å². The number of nitrogens with two attached hydrogens (primary N) is 1. The molecule has 0 bridgehead atoms. The van der Waals surface area contributed by atoms with Gasteiger partial charge in [-0.25, -0.2) is 0 Å². The lowest BCUT2D eigenvalue weighted by molar-refractivity contribution is 0.701. The summed E-state index contributed by atoms with van der Waals surface area (Å²) in [6, 6.07) is 6.32. The lowest BCUT2D eigenvalue weighted by Gasteiger charge is -2.14. The Bertz CT molecular complexity index is 624. The number of nitrogens with zero attached hydrogens (tertiary/aromatic N) is 1. The van der Waals surface area contributed by atoms with Gasteiger partial charge in [0, 0.05) is 25.0 Å². The maximum Gasteiger partial charge on any atom is 0.0869 e. The van der Waals surface area contributed by atoms with Gasteiger partial charge in [0.1, 0.15) is 0 Å². The highest BCUT2D eigenvalue weighted by Gasteiger charge is 2.20. The first-order chi connectivity index (χ1) is 9.19. The Morgan fingerprint density at radius 3 is 2.68 bits per heavy atom. The molecule has 0 amide bonds. The van der Waals surface area contributed by atoms with E-state index in [2.05, 4.69) is 62.1 Å². The zero-order chi connectivity index (χ0) is 13.4. The number of aromatic nitrogens is 1. The highest BCUT2D eigenvalue weighted by Crippen LogP contribution is 2.37. The third kappa shape index (κ3) is 2.60. The van der Waals surface area contributed by atoms with E-state index in [0.29, 0.717) is 5.92 Å². The van der Waals surface area contributed by atoms with Crippen LogP contribution >= 0.6 is 38.5 Å². The zero-order valence-electron chi connectivity index (χ0n) is 10.4. The number of pyridine rings is 1.